The van der Waals surface area contributed by atoms with Crippen molar-refractivity contribution in [1.82, 2.24) is 0 Å². The maximum Gasteiger partial charge on any atom is 0.311 e. The molecule has 8 heteroatoms. The third-order valence-corrected chi connectivity index (χ3v) is 3.68. The number of phenols is 1. The van der Waals surface area contributed by atoms with Crippen molar-refractivity contribution in [3.63, 3.8) is 0 Å². The number of Topliss-reactive ketones (excluding diaryl/α,β-unsaturated/α-hetero) is 1. The average Bonchev–Trinajstić information content (AvgIpc) is 2.78. The largest absolute Gasteiger partial charge is 0.502 e. The quantitative estimate of drug-likeness (QED) is 0.496. The Hall–Kier alpha value is -2.57. The highest BCUT2D eigenvalue weighted by molar-refractivity contribution is 6.37. The van der Waals surface area contributed by atoms with Crippen molar-refractivity contribution >= 4 is 40.7 Å². The molecule has 0 aliphatic carbocycles. The molecule has 0 aromatic heterocycles. The van der Waals surface area contributed by atoms with Gasteiger partial charge in [-0.3, -0.25) is 14.9 Å². The molecule has 0 bridgehead atoms. The summed E-state index contributed by atoms with van der Waals surface area (Å²) in [5.74, 6) is -0.737. The monoisotopic (exact) mass is 351 g/mol. The fourth-order valence-corrected chi connectivity index (χ4v) is 2.68. The van der Waals surface area contributed by atoms with Crippen molar-refractivity contribution < 1.29 is 19.6 Å². The smallest absolute Gasteiger partial charge is 0.311 e. The predicted molar refractivity (Wildman–Crippen MR) is 84.2 cm³/mol. The van der Waals surface area contributed by atoms with E-state index in [2.05, 4.69) is 0 Å². The number of halogens is 2. The Kier molecular flexibility index (Phi) is 3.71. The molecule has 6 nitrogen and oxygen atoms in total. The summed E-state index contributed by atoms with van der Waals surface area (Å²) in [7, 11) is 0. The number of nitro groups is 1. The van der Waals surface area contributed by atoms with Gasteiger partial charge in [-0.15, -0.1) is 0 Å². The number of ether oxygens (including phenoxy) is 1. The number of hydrogen-bond donors (Lipinski definition) is 1. The highest BCUT2D eigenvalue weighted by atomic mass is 35.5. The van der Waals surface area contributed by atoms with Crippen LogP contribution >= 0.6 is 23.2 Å². The van der Waals surface area contributed by atoms with Crippen LogP contribution in [0.4, 0.5) is 5.69 Å². The zero-order valence-corrected chi connectivity index (χ0v) is 12.8. The van der Waals surface area contributed by atoms with Crippen LogP contribution in [0.1, 0.15) is 15.9 Å². The standard InChI is InChI=1S/C15H7Cl2NO5/c16-8-5-9-14(20)13(23-15(9)10(17)6-8)4-7-1-2-12(19)11(3-7)18(21)22/h1-6,19H/b13-4-. The van der Waals surface area contributed by atoms with Gasteiger partial charge in [-0.25, -0.2) is 0 Å². The molecular weight excluding hydrogens is 345 g/mol. The van der Waals surface area contributed by atoms with Crippen molar-refractivity contribution in [2.45, 2.75) is 0 Å². The molecule has 0 unspecified atom stereocenters. The van der Waals surface area contributed by atoms with Gasteiger partial charge in [0.15, 0.2) is 17.3 Å². The fraction of sp³-hybridized carbons (Fsp3) is 0. The highest BCUT2D eigenvalue weighted by Crippen LogP contribution is 2.40. The first-order chi connectivity index (χ1) is 10.9. The number of carbonyl (C=O) groups excluding carboxylic acids is 1. The van der Waals surface area contributed by atoms with E-state index in [0.717, 1.165) is 6.07 Å². The summed E-state index contributed by atoms with van der Waals surface area (Å²) in [4.78, 5) is 22.4. The van der Waals surface area contributed by atoms with Crippen LogP contribution in [-0.2, 0) is 0 Å². The van der Waals surface area contributed by atoms with Gasteiger partial charge in [-0.2, -0.15) is 0 Å². The van der Waals surface area contributed by atoms with E-state index in [4.69, 9.17) is 27.9 Å². The molecule has 23 heavy (non-hydrogen) atoms. The molecule has 1 aliphatic rings. The molecule has 0 radical (unpaired) electrons. The summed E-state index contributed by atoms with van der Waals surface area (Å²) in [6, 6.07) is 6.61. The van der Waals surface area contributed by atoms with Crippen LogP contribution < -0.4 is 4.74 Å². The first-order valence-corrected chi connectivity index (χ1v) is 7.03. The Morgan fingerprint density at radius 2 is 1.96 bits per heavy atom. The lowest BCUT2D eigenvalue weighted by Crippen LogP contribution is -1.98. The lowest BCUT2D eigenvalue weighted by atomic mass is 10.1. The summed E-state index contributed by atoms with van der Waals surface area (Å²) < 4.78 is 5.43. The SMILES string of the molecule is O=C1/C(=C/c2ccc(O)c([N+](=O)[O-])c2)Oc2c(Cl)cc(Cl)cc21. The third-order valence-electron chi connectivity index (χ3n) is 3.18. The number of nitrogens with zero attached hydrogens (tertiary/aromatic N) is 1. The van der Waals surface area contributed by atoms with Crippen LogP contribution in [-0.4, -0.2) is 15.8 Å². The van der Waals surface area contributed by atoms with E-state index in [1.54, 1.807) is 0 Å². The van der Waals surface area contributed by atoms with Crippen LogP contribution in [0.15, 0.2) is 36.1 Å². The third kappa shape index (κ3) is 2.74. The minimum atomic E-state index is -0.722. The van der Waals surface area contributed by atoms with E-state index in [1.807, 2.05) is 0 Å². The van der Waals surface area contributed by atoms with Crippen LogP contribution in [0.2, 0.25) is 10.0 Å². The van der Waals surface area contributed by atoms with Crippen molar-refractivity contribution in [1.29, 1.82) is 0 Å². The van der Waals surface area contributed by atoms with Gasteiger partial charge >= 0.3 is 5.69 Å². The first kappa shape index (κ1) is 15.3. The Balaban J connectivity index is 2.03. The molecule has 1 aliphatic heterocycles. The van der Waals surface area contributed by atoms with E-state index < -0.39 is 22.1 Å². The topological polar surface area (TPSA) is 89.7 Å². The van der Waals surface area contributed by atoms with Crippen molar-refractivity contribution in [3.05, 3.63) is 67.4 Å². The van der Waals surface area contributed by atoms with Gasteiger partial charge in [0.1, 0.15) is 0 Å². The lowest BCUT2D eigenvalue weighted by Gasteiger charge is -2.01. The minimum Gasteiger partial charge on any atom is -0.502 e. The second-order valence-electron chi connectivity index (χ2n) is 4.71. The average molecular weight is 352 g/mol. The predicted octanol–water partition coefficient (Wildman–Crippen LogP) is 4.22. The molecular formula is C15H7Cl2NO5. The van der Waals surface area contributed by atoms with Gasteiger partial charge in [-0.05, 0) is 29.8 Å². The minimum absolute atomic E-state index is 0.0378. The van der Waals surface area contributed by atoms with Gasteiger partial charge in [0.05, 0.1) is 15.5 Å². The molecule has 0 saturated heterocycles. The highest BCUT2D eigenvalue weighted by Gasteiger charge is 2.30. The lowest BCUT2D eigenvalue weighted by molar-refractivity contribution is -0.385. The van der Waals surface area contributed by atoms with E-state index in [-0.39, 0.29) is 22.1 Å². The van der Waals surface area contributed by atoms with Crippen LogP contribution in [0, 0.1) is 10.1 Å². The van der Waals surface area contributed by atoms with Crippen molar-refractivity contribution in [2.24, 2.45) is 0 Å². The van der Waals surface area contributed by atoms with Gasteiger partial charge in [0, 0.05) is 11.1 Å². The number of allylic oxidation sites excluding steroid dienone is 1. The molecule has 2 aromatic carbocycles. The molecule has 0 saturated carbocycles. The summed E-state index contributed by atoms with van der Waals surface area (Å²) in [5, 5.41) is 20.8. The summed E-state index contributed by atoms with van der Waals surface area (Å²) >= 11 is 11.8. The second-order valence-corrected chi connectivity index (χ2v) is 5.55. The van der Waals surface area contributed by atoms with E-state index in [0.29, 0.717) is 10.6 Å². The number of benzene rings is 2. The first-order valence-electron chi connectivity index (χ1n) is 6.27. The van der Waals surface area contributed by atoms with Crippen LogP contribution in [0.5, 0.6) is 11.5 Å². The summed E-state index contributed by atoms with van der Waals surface area (Å²) in [6.07, 6.45) is 1.33. The van der Waals surface area contributed by atoms with Crippen LogP contribution in [0.3, 0.4) is 0 Å². The molecule has 116 valence electrons. The molecule has 0 fully saturated rings. The Morgan fingerprint density at radius 1 is 1.22 bits per heavy atom. The van der Waals surface area contributed by atoms with Gasteiger partial charge < -0.3 is 9.84 Å². The van der Waals surface area contributed by atoms with Crippen molar-refractivity contribution in [3.8, 4) is 11.5 Å². The van der Waals surface area contributed by atoms with Crippen LogP contribution in [0.25, 0.3) is 6.08 Å². The molecule has 1 heterocycles. The molecule has 0 atom stereocenters. The number of rotatable bonds is 2. The maximum atomic E-state index is 12.3. The number of ketones is 1. The van der Waals surface area contributed by atoms with E-state index in [1.165, 1.54) is 30.3 Å². The van der Waals surface area contributed by atoms with E-state index in [9.17, 15) is 20.0 Å². The fourth-order valence-electron chi connectivity index (χ4n) is 2.14. The number of phenolic OH excluding ortho intramolecular Hbond substituents is 1. The van der Waals surface area contributed by atoms with Gasteiger partial charge in [0.2, 0.25) is 5.78 Å². The summed E-state index contributed by atoms with van der Waals surface area (Å²) in [6.45, 7) is 0. The van der Waals surface area contributed by atoms with Crippen molar-refractivity contribution in [2.75, 3.05) is 0 Å². The maximum absolute atomic E-state index is 12.3. The van der Waals surface area contributed by atoms with Gasteiger partial charge in [-0.1, -0.05) is 29.3 Å². The van der Waals surface area contributed by atoms with E-state index >= 15 is 0 Å². The summed E-state index contributed by atoms with van der Waals surface area (Å²) in [5.41, 5.74) is 0.0818. The molecule has 1 N–H and O–H groups in total. The Morgan fingerprint density at radius 3 is 2.65 bits per heavy atom. The second kappa shape index (κ2) is 5.57. The zero-order chi connectivity index (χ0) is 16.7. The Bertz CT molecular complexity index is 892. The Labute approximate surface area is 139 Å². The molecule has 2 aromatic rings. The number of fused-ring (bicyclic) bond motifs is 1. The normalized spacial score (nSPS) is 14.7. The number of carbonyl (C=O) groups is 1. The molecule has 0 spiro atoms. The number of nitro benzene ring substituents is 1. The molecule has 0 amide bonds. The van der Waals surface area contributed by atoms with Gasteiger partial charge in [0.25, 0.3) is 0 Å². The zero-order valence-electron chi connectivity index (χ0n) is 11.2. The molecule has 3 rings (SSSR count). The number of hydrogen-bond acceptors (Lipinski definition) is 5. The number of aromatic hydroxyl groups is 1.